The summed E-state index contributed by atoms with van der Waals surface area (Å²) < 4.78 is 4.74. The summed E-state index contributed by atoms with van der Waals surface area (Å²) in [5.41, 5.74) is 0. The molecule has 0 aliphatic heterocycles. The number of rotatable bonds is 15. The van der Waals surface area contributed by atoms with E-state index in [1.54, 1.807) is 0 Å². The van der Waals surface area contributed by atoms with Gasteiger partial charge in [-0.3, -0.25) is 4.79 Å². The lowest BCUT2D eigenvalue weighted by Crippen LogP contribution is -1.89. The van der Waals surface area contributed by atoms with Gasteiger partial charge in [0.25, 0.3) is 0 Å². The van der Waals surface area contributed by atoms with Gasteiger partial charge in [0.05, 0.1) is 6.26 Å². The first kappa shape index (κ1) is 20.9. The fourth-order valence-corrected chi connectivity index (χ4v) is 2.35. The fraction of sp³-hybridized carbons (Fsp3) is 0.750. The molecule has 0 saturated heterocycles. The zero-order valence-electron chi connectivity index (χ0n) is 14.8. The Kier molecular flexibility index (Phi) is 17.1. The van der Waals surface area contributed by atoms with Crippen molar-refractivity contribution in [2.45, 2.75) is 97.3 Å². The first-order valence-electron chi connectivity index (χ1n) is 9.24. The van der Waals surface area contributed by atoms with E-state index in [1.165, 1.54) is 90.2 Å². The van der Waals surface area contributed by atoms with E-state index in [2.05, 4.69) is 19.1 Å². The van der Waals surface area contributed by atoms with Gasteiger partial charge < -0.3 is 4.74 Å². The zero-order chi connectivity index (χ0) is 16.3. The van der Waals surface area contributed by atoms with Gasteiger partial charge in [-0.05, 0) is 38.2 Å². The molecule has 2 heteroatoms. The molecule has 2 nitrogen and oxygen atoms in total. The van der Waals surface area contributed by atoms with Crippen LogP contribution in [0.15, 0.2) is 24.5 Å². The highest BCUT2D eigenvalue weighted by Gasteiger charge is 1.92. The summed E-state index contributed by atoms with van der Waals surface area (Å²) >= 11 is 0. The third-order valence-corrected chi connectivity index (χ3v) is 3.71. The molecule has 0 amide bonds. The molecule has 22 heavy (non-hydrogen) atoms. The second kappa shape index (κ2) is 18.0. The Balaban J connectivity index is 3.10. The van der Waals surface area contributed by atoms with Crippen LogP contribution in [-0.2, 0) is 9.53 Å². The van der Waals surface area contributed by atoms with Gasteiger partial charge in [-0.25, -0.2) is 0 Å². The minimum absolute atomic E-state index is 0.243. The van der Waals surface area contributed by atoms with Crippen molar-refractivity contribution in [1.82, 2.24) is 0 Å². The Morgan fingerprint density at radius 1 is 0.727 bits per heavy atom. The molecule has 128 valence electrons. The summed E-state index contributed by atoms with van der Waals surface area (Å²) in [5.74, 6) is -0.243. The van der Waals surface area contributed by atoms with E-state index < -0.39 is 0 Å². The molecule has 0 aromatic carbocycles. The van der Waals surface area contributed by atoms with Crippen molar-refractivity contribution in [3.63, 3.8) is 0 Å². The molecule has 0 bridgehead atoms. The quantitative estimate of drug-likeness (QED) is 0.145. The van der Waals surface area contributed by atoms with Crippen molar-refractivity contribution in [3.8, 4) is 0 Å². The van der Waals surface area contributed by atoms with E-state index in [9.17, 15) is 4.79 Å². The van der Waals surface area contributed by atoms with Crippen LogP contribution in [-0.4, -0.2) is 5.97 Å². The molecule has 0 aromatic rings. The topological polar surface area (TPSA) is 26.3 Å². The lowest BCUT2D eigenvalue weighted by molar-refractivity contribution is -0.135. The van der Waals surface area contributed by atoms with E-state index in [0.717, 1.165) is 6.42 Å². The molecule has 0 aromatic heterocycles. The van der Waals surface area contributed by atoms with Gasteiger partial charge in [-0.1, -0.05) is 70.4 Å². The van der Waals surface area contributed by atoms with Crippen molar-refractivity contribution in [3.05, 3.63) is 24.5 Å². The highest BCUT2D eigenvalue weighted by Crippen LogP contribution is 2.11. The molecular weight excluding hydrogens is 272 g/mol. The lowest BCUT2D eigenvalue weighted by atomic mass is 10.1. The van der Waals surface area contributed by atoms with Crippen LogP contribution in [0.2, 0.25) is 0 Å². The molecule has 0 fully saturated rings. The van der Waals surface area contributed by atoms with Crippen molar-refractivity contribution < 1.29 is 9.53 Å². The van der Waals surface area contributed by atoms with Crippen LogP contribution in [0.25, 0.3) is 0 Å². The molecule has 0 aliphatic rings. The highest BCUT2D eigenvalue weighted by molar-refractivity contribution is 5.66. The summed E-state index contributed by atoms with van der Waals surface area (Å²) in [6.07, 6.45) is 25.0. The SMILES string of the molecule is CCCCC=CCCCCCCCCCCC=COC(C)=O. The molecular formula is C20H36O2. The van der Waals surface area contributed by atoms with Crippen LogP contribution < -0.4 is 0 Å². The maximum Gasteiger partial charge on any atom is 0.307 e. The van der Waals surface area contributed by atoms with Crippen LogP contribution >= 0.6 is 0 Å². The van der Waals surface area contributed by atoms with Gasteiger partial charge >= 0.3 is 5.97 Å². The normalized spacial score (nSPS) is 11.5. The summed E-state index contributed by atoms with van der Waals surface area (Å²) in [4.78, 5) is 10.5. The van der Waals surface area contributed by atoms with Gasteiger partial charge in [-0.15, -0.1) is 0 Å². The van der Waals surface area contributed by atoms with E-state index in [4.69, 9.17) is 4.74 Å². The average molecular weight is 309 g/mol. The number of carbonyl (C=O) groups excluding carboxylic acids is 1. The second-order valence-corrected chi connectivity index (χ2v) is 6.00. The molecule has 0 aliphatic carbocycles. The predicted molar refractivity (Wildman–Crippen MR) is 95.7 cm³/mol. The smallest absolute Gasteiger partial charge is 0.307 e. The number of unbranched alkanes of at least 4 members (excludes halogenated alkanes) is 11. The number of ether oxygens (including phenoxy) is 1. The van der Waals surface area contributed by atoms with E-state index in [1.807, 2.05) is 6.08 Å². The van der Waals surface area contributed by atoms with Crippen molar-refractivity contribution in [1.29, 1.82) is 0 Å². The van der Waals surface area contributed by atoms with Gasteiger partial charge in [0.2, 0.25) is 0 Å². The van der Waals surface area contributed by atoms with Crippen LogP contribution in [0.5, 0.6) is 0 Å². The minimum Gasteiger partial charge on any atom is -0.435 e. The Morgan fingerprint density at radius 3 is 1.68 bits per heavy atom. The molecule has 0 heterocycles. The van der Waals surface area contributed by atoms with Gasteiger partial charge in [0, 0.05) is 6.92 Å². The van der Waals surface area contributed by atoms with Crippen LogP contribution in [0, 0.1) is 0 Å². The number of hydrogen-bond acceptors (Lipinski definition) is 2. The molecule has 0 saturated carbocycles. The molecule has 0 radical (unpaired) electrons. The molecule has 0 rings (SSSR count). The predicted octanol–water partition coefficient (Wildman–Crippen LogP) is 6.71. The minimum atomic E-state index is -0.243. The summed E-state index contributed by atoms with van der Waals surface area (Å²) in [5, 5.41) is 0. The highest BCUT2D eigenvalue weighted by atomic mass is 16.5. The third-order valence-electron chi connectivity index (χ3n) is 3.71. The summed E-state index contributed by atoms with van der Waals surface area (Å²) in [6, 6.07) is 0. The van der Waals surface area contributed by atoms with E-state index in [-0.39, 0.29) is 5.97 Å². The van der Waals surface area contributed by atoms with Gasteiger partial charge in [0.1, 0.15) is 0 Å². The lowest BCUT2D eigenvalue weighted by Gasteiger charge is -2.01. The molecule has 0 unspecified atom stereocenters. The van der Waals surface area contributed by atoms with Gasteiger partial charge in [-0.2, -0.15) is 0 Å². The Morgan fingerprint density at radius 2 is 1.18 bits per heavy atom. The first-order valence-corrected chi connectivity index (χ1v) is 9.24. The molecule has 0 spiro atoms. The Labute approximate surface area is 138 Å². The number of hydrogen-bond donors (Lipinski definition) is 0. The second-order valence-electron chi connectivity index (χ2n) is 6.00. The summed E-state index contributed by atoms with van der Waals surface area (Å²) in [6.45, 7) is 3.67. The monoisotopic (exact) mass is 308 g/mol. The van der Waals surface area contributed by atoms with Crippen molar-refractivity contribution in [2.75, 3.05) is 0 Å². The number of carbonyl (C=O) groups is 1. The largest absolute Gasteiger partial charge is 0.435 e. The van der Waals surface area contributed by atoms with E-state index >= 15 is 0 Å². The maximum atomic E-state index is 10.5. The number of esters is 1. The first-order chi connectivity index (χ1) is 10.8. The average Bonchev–Trinajstić information content (AvgIpc) is 2.50. The van der Waals surface area contributed by atoms with Crippen LogP contribution in [0.3, 0.4) is 0 Å². The van der Waals surface area contributed by atoms with E-state index in [0.29, 0.717) is 0 Å². The third kappa shape index (κ3) is 18.9. The summed E-state index contributed by atoms with van der Waals surface area (Å²) in [7, 11) is 0. The van der Waals surface area contributed by atoms with Crippen molar-refractivity contribution >= 4 is 5.97 Å². The molecule has 0 N–H and O–H groups in total. The van der Waals surface area contributed by atoms with Crippen LogP contribution in [0.1, 0.15) is 97.3 Å². The van der Waals surface area contributed by atoms with Gasteiger partial charge in [0.15, 0.2) is 0 Å². The standard InChI is InChI=1S/C20H36O2/c1-3-4-5-6-7-8-9-10-11-12-13-14-15-16-17-18-19-22-20(2)21/h6-7,18-19H,3-5,8-17H2,1-2H3. The zero-order valence-corrected chi connectivity index (χ0v) is 14.8. The fourth-order valence-electron chi connectivity index (χ4n) is 2.35. The van der Waals surface area contributed by atoms with Crippen molar-refractivity contribution in [2.24, 2.45) is 0 Å². The Bertz CT molecular complexity index is 292. The van der Waals surface area contributed by atoms with Crippen LogP contribution in [0.4, 0.5) is 0 Å². The maximum absolute atomic E-state index is 10.5. The Hall–Kier alpha value is -1.05. The number of allylic oxidation sites excluding steroid dienone is 3. The molecule has 0 atom stereocenters.